The van der Waals surface area contributed by atoms with Gasteiger partial charge in [-0.1, -0.05) is 11.6 Å². The summed E-state index contributed by atoms with van der Waals surface area (Å²) < 4.78 is 5.39. The number of nitrogens with one attached hydrogen (secondary N) is 1. The van der Waals surface area contributed by atoms with E-state index >= 15 is 0 Å². The Kier molecular flexibility index (Phi) is 6.19. The Bertz CT molecular complexity index is 936. The second kappa shape index (κ2) is 8.62. The van der Waals surface area contributed by atoms with Crippen LogP contribution in [0.5, 0.6) is 0 Å². The Labute approximate surface area is 172 Å². The summed E-state index contributed by atoms with van der Waals surface area (Å²) in [6, 6.07) is 6.85. The molecule has 1 saturated heterocycles. The van der Waals surface area contributed by atoms with Crippen molar-refractivity contribution in [2.24, 2.45) is 0 Å². The molecule has 0 radical (unpaired) electrons. The fourth-order valence-corrected chi connectivity index (χ4v) is 3.36. The van der Waals surface area contributed by atoms with Gasteiger partial charge in [-0.05, 0) is 32.0 Å². The largest absolute Gasteiger partial charge is 0.456 e. The minimum absolute atomic E-state index is 0.101. The maximum absolute atomic E-state index is 12.6. The number of carbonyl (C=O) groups excluding carboxylic acids is 2. The molecular formula is C19H21ClN4O5. The first-order valence-corrected chi connectivity index (χ1v) is 9.48. The highest BCUT2D eigenvalue weighted by Crippen LogP contribution is 2.27. The maximum atomic E-state index is 12.6. The summed E-state index contributed by atoms with van der Waals surface area (Å²) in [5.41, 5.74) is 0.171. The zero-order chi connectivity index (χ0) is 21.1. The Balaban J connectivity index is 1.56. The number of rotatable bonds is 5. The number of hydrogen-bond acceptors (Lipinski definition) is 6. The minimum Gasteiger partial charge on any atom is -0.456 e. The second-order valence-electron chi connectivity index (χ2n) is 6.82. The Morgan fingerprint density at radius 1 is 1.21 bits per heavy atom. The third-order valence-corrected chi connectivity index (χ3v) is 5.21. The number of nitro groups is 1. The Morgan fingerprint density at radius 2 is 1.90 bits per heavy atom. The van der Waals surface area contributed by atoms with E-state index < -0.39 is 11.0 Å². The van der Waals surface area contributed by atoms with Gasteiger partial charge in [0, 0.05) is 38.3 Å². The van der Waals surface area contributed by atoms with Crippen LogP contribution in [0.4, 0.5) is 11.4 Å². The van der Waals surface area contributed by atoms with E-state index in [4.69, 9.17) is 16.0 Å². The second-order valence-corrected chi connectivity index (χ2v) is 7.23. The topological polar surface area (TPSA) is 109 Å². The zero-order valence-corrected chi connectivity index (χ0v) is 16.8. The third kappa shape index (κ3) is 4.75. The van der Waals surface area contributed by atoms with Crippen LogP contribution in [0.25, 0.3) is 0 Å². The number of halogens is 1. The number of non-ortho nitro benzene ring substituents is 1. The van der Waals surface area contributed by atoms with Crippen molar-refractivity contribution in [1.29, 1.82) is 0 Å². The van der Waals surface area contributed by atoms with Crippen molar-refractivity contribution in [3.8, 4) is 0 Å². The molecule has 0 spiro atoms. The van der Waals surface area contributed by atoms with Crippen molar-refractivity contribution in [3.63, 3.8) is 0 Å². The average Bonchev–Trinajstić information content (AvgIpc) is 3.14. The number of carbonyl (C=O) groups is 2. The van der Waals surface area contributed by atoms with Crippen LogP contribution in [0, 0.1) is 17.0 Å². The smallest absolute Gasteiger partial charge is 0.289 e. The van der Waals surface area contributed by atoms with Crippen LogP contribution < -0.4 is 5.32 Å². The van der Waals surface area contributed by atoms with Crippen molar-refractivity contribution in [2.45, 2.75) is 19.9 Å². The molecule has 29 heavy (non-hydrogen) atoms. The summed E-state index contributed by atoms with van der Waals surface area (Å²) in [6.07, 6.45) is 0. The maximum Gasteiger partial charge on any atom is 0.289 e. The van der Waals surface area contributed by atoms with Crippen LogP contribution in [0.1, 0.15) is 23.2 Å². The highest BCUT2D eigenvalue weighted by atomic mass is 35.5. The average molecular weight is 421 g/mol. The van der Waals surface area contributed by atoms with Gasteiger partial charge in [0.05, 0.1) is 21.7 Å². The van der Waals surface area contributed by atoms with E-state index in [2.05, 4.69) is 5.32 Å². The van der Waals surface area contributed by atoms with Gasteiger partial charge in [0.25, 0.3) is 11.6 Å². The van der Waals surface area contributed by atoms with Gasteiger partial charge in [-0.15, -0.1) is 0 Å². The van der Waals surface area contributed by atoms with E-state index in [9.17, 15) is 19.7 Å². The molecule has 1 atom stereocenters. The van der Waals surface area contributed by atoms with Crippen molar-refractivity contribution in [3.05, 3.63) is 57.0 Å². The zero-order valence-electron chi connectivity index (χ0n) is 16.1. The molecule has 10 heteroatoms. The fraction of sp³-hybridized carbons (Fsp3) is 0.368. The SMILES string of the molecule is Cc1ccc(C(=O)N2CCN(C(C)C(=O)Nc3ccc([N+](=O)[O-])cc3Cl)CC2)o1. The highest BCUT2D eigenvalue weighted by Gasteiger charge is 2.29. The molecule has 154 valence electrons. The third-order valence-electron chi connectivity index (χ3n) is 4.90. The quantitative estimate of drug-likeness (QED) is 0.588. The summed E-state index contributed by atoms with van der Waals surface area (Å²) in [5, 5.41) is 13.6. The van der Waals surface area contributed by atoms with E-state index in [-0.39, 0.29) is 22.5 Å². The van der Waals surface area contributed by atoms with Crippen molar-refractivity contribution < 1.29 is 18.9 Å². The minimum atomic E-state index is -0.551. The standard InChI is InChI=1S/C19H21ClN4O5/c1-12-3-6-17(29-12)19(26)23-9-7-22(8-10-23)13(2)18(25)21-16-5-4-14(24(27)28)11-15(16)20/h3-6,11,13H,7-10H2,1-2H3,(H,21,25). The van der Waals surface area contributed by atoms with Crippen LogP contribution in [-0.2, 0) is 4.79 Å². The molecule has 1 N–H and O–H groups in total. The molecule has 2 aromatic rings. The van der Waals surface area contributed by atoms with E-state index in [1.807, 2.05) is 4.90 Å². The van der Waals surface area contributed by atoms with Gasteiger partial charge < -0.3 is 14.6 Å². The molecule has 1 aromatic heterocycles. The lowest BCUT2D eigenvalue weighted by Crippen LogP contribution is -2.54. The number of anilines is 1. The number of hydrogen-bond donors (Lipinski definition) is 1. The van der Waals surface area contributed by atoms with Crippen molar-refractivity contribution in [1.82, 2.24) is 9.80 Å². The predicted octanol–water partition coefficient (Wildman–Crippen LogP) is 2.93. The highest BCUT2D eigenvalue weighted by molar-refractivity contribution is 6.34. The van der Waals surface area contributed by atoms with Crippen LogP contribution in [0.3, 0.4) is 0 Å². The van der Waals surface area contributed by atoms with Crippen LogP contribution in [-0.4, -0.2) is 58.8 Å². The number of amides is 2. The molecule has 0 saturated carbocycles. The van der Waals surface area contributed by atoms with Gasteiger partial charge in [-0.25, -0.2) is 0 Å². The van der Waals surface area contributed by atoms with E-state index in [1.165, 1.54) is 18.2 Å². The van der Waals surface area contributed by atoms with Crippen molar-refractivity contribution in [2.75, 3.05) is 31.5 Å². The summed E-state index contributed by atoms with van der Waals surface area (Å²) in [4.78, 5) is 38.9. The predicted molar refractivity (Wildman–Crippen MR) is 107 cm³/mol. The molecular weight excluding hydrogens is 400 g/mol. The number of aryl methyl sites for hydroxylation is 1. The van der Waals surface area contributed by atoms with E-state index in [0.29, 0.717) is 43.4 Å². The van der Waals surface area contributed by atoms with Gasteiger partial charge in [0.2, 0.25) is 5.91 Å². The monoisotopic (exact) mass is 420 g/mol. The lowest BCUT2D eigenvalue weighted by molar-refractivity contribution is -0.384. The van der Waals surface area contributed by atoms with Crippen LogP contribution in [0.2, 0.25) is 5.02 Å². The number of nitro benzene ring substituents is 1. The Morgan fingerprint density at radius 3 is 2.45 bits per heavy atom. The van der Waals surface area contributed by atoms with E-state index in [0.717, 1.165) is 0 Å². The lowest BCUT2D eigenvalue weighted by atomic mass is 10.2. The summed E-state index contributed by atoms with van der Waals surface area (Å²) >= 11 is 6.04. The van der Waals surface area contributed by atoms with Gasteiger partial charge in [-0.2, -0.15) is 0 Å². The Hall–Kier alpha value is -2.91. The molecule has 1 aromatic carbocycles. The molecule has 1 aliphatic heterocycles. The molecule has 2 heterocycles. The summed E-state index contributed by atoms with van der Waals surface area (Å²) in [7, 11) is 0. The molecule has 0 aliphatic carbocycles. The molecule has 3 rings (SSSR count). The molecule has 1 unspecified atom stereocenters. The fourth-order valence-electron chi connectivity index (χ4n) is 3.14. The molecule has 1 fully saturated rings. The lowest BCUT2D eigenvalue weighted by Gasteiger charge is -2.37. The van der Waals surface area contributed by atoms with Gasteiger partial charge >= 0.3 is 0 Å². The molecule has 9 nitrogen and oxygen atoms in total. The van der Waals surface area contributed by atoms with Crippen LogP contribution >= 0.6 is 11.6 Å². The summed E-state index contributed by atoms with van der Waals surface area (Å²) in [5.74, 6) is 0.562. The normalized spacial score (nSPS) is 15.8. The number of nitrogens with zero attached hydrogens (tertiary/aromatic N) is 3. The molecule has 2 amide bonds. The first-order chi connectivity index (χ1) is 13.8. The first kappa shape index (κ1) is 20.8. The van der Waals surface area contributed by atoms with E-state index in [1.54, 1.807) is 30.9 Å². The van der Waals surface area contributed by atoms with Gasteiger partial charge in [-0.3, -0.25) is 24.6 Å². The van der Waals surface area contributed by atoms with Gasteiger partial charge in [0.15, 0.2) is 5.76 Å². The number of piperazine rings is 1. The molecule has 1 aliphatic rings. The summed E-state index contributed by atoms with van der Waals surface area (Å²) in [6.45, 7) is 5.58. The number of benzene rings is 1. The van der Waals surface area contributed by atoms with Gasteiger partial charge in [0.1, 0.15) is 5.76 Å². The molecule has 0 bridgehead atoms. The first-order valence-electron chi connectivity index (χ1n) is 9.11. The number of furan rings is 1. The van der Waals surface area contributed by atoms with Crippen molar-refractivity contribution >= 4 is 34.8 Å². The van der Waals surface area contributed by atoms with Crippen LogP contribution in [0.15, 0.2) is 34.7 Å².